The van der Waals surface area contributed by atoms with Gasteiger partial charge in [-0.3, -0.25) is 4.79 Å². The molecule has 1 nitrogen and oxygen atoms in total. The summed E-state index contributed by atoms with van der Waals surface area (Å²) in [7, 11) is 0. The molecule has 1 heteroatoms. The van der Waals surface area contributed by atoms with Gasteiger partial charge in [0.2, 0.25) is 0 Å². The van der Waals surface area contributed by atoms with Crippen LogP contribution in [-0.4, -0.2) is 6.29 Å². The first-order valence-electron chi connectivity index (χ1n) is 2.78. The van der Waals surface area contributed by atoms with Crippen LogP contribution in [0.4, 0.5) is 0 Å². The molecule has 0 aromatic rings. The molecule has 0 fully saturated rings. The second-order valence-corrected chi connectivity index (χ2v) is 1.78. The molecule has 0 aliphatic heterocycles. The van der Waals surface area contributed by atoms with E-state index in [0.29, 0.717) is 6.42 Å². The predicted molar refractivity (Wildman–Crippen MR) is 34.4 cm³/mol. The zero-order chi connectivity index (χ0) is 6.41. The van der Waals surface area contributed by atoms with Crippen LogP contribution in [0, 0.1) is 0 Å². The van der Waals surface area contributed by atoms with Gasteiger partial charge in [-0.05, 0) is 20.3 Å². The molecule has 0 amide bonds. The largest absolute Gasteiger partial charge is 0.291 e. The molecular weight excluding hydrogens is 100 g/mol. The van der Waals surface area contributed by atoms with Crippen LogP contribution >= 0.6 is 0 Å². The highest BCUT2D eigenvalue weighted by atomic mass is 16.1. The summed E-state index contributed by atoms with van der Waals surface area (Å²) in [6.45, 7) is 3.98. The van der Waals surface area contributed by atoms with Crippen molar-refractivity contribution in [2.24, 2.45) is 0 Å². The molecule has 0 N–H and O–H groups in total. The van der Waals surface area contributed by atoms with Crippen LogP contribution in [0.5, 0.6) is 0 Å². The number of hydrogen-bond acceptors (Lipinski definition) is 1. The lowest BCUT2D eigenvalue weighted by Gasteiger charge is -1.89. The van der Waals surface area contributed by atoms with E-state index in [1.165, 1.54) is 5.57 Å². The van der Waals surface area contributed by atoms with Gasteiger partial charge in [-0.1, -0.05) is 11.6 Å². The zero-order valence-electron chi connectivity index (χ0n) is 5.40. The monoisotopic (exact) mass is 111 g/mol. The Bertz CT molecular complexity index is 92.6. The van der Waals surface area contributed by atoms with Crippen molar-refractivity contribution >= 4 is 6.29 Å². The van der Waals surface area contributed by atoms with E-state index in [1.54, 1.807) is 0 Å². The predicted octanol–water partition coefficient (Wildman–Crippen LogP) is 1.84. The molecule has 1 radical (unpaired) electrons. The van der Waals surface area contributed by atoms with Gasteiger partial charge in [-0.15, -0.1) is 0 Å². The van der Waals surface area contributed by atoms with Gasteiger partial charge in [0.05, 0.1) is 0 Å². The Kier molecular flexibility index (Phi) is 4.23. The van der Waals surface area contributed by atoms with Crippen LogP contribution in [-0.2, 0) is 4.79 Å². The Hall–Kier alpha value is -0.590. The Morgan fingerprint density at radius 1 is 1.75 bits per heavy atom. The fourth-order valence-corrected chi connectivity index (χ4v) is 0.393. The summed E-state index contributed by atoms with van der Waals surface area (Å²) in [5.41, 5.74) is 1.26. The first kappa shape index (κ1) is 7.41. The minimum atomic E-state index is 0.538. The molecule has 0 aliphatic rings. The molecule has 0 saturated heterocycles. The molecule has 0 unspecified atom stereocenters. The van der Waals surface area contributed by atoms with E-state index in [2.05, 4.69) is 0 Å². The molecule has 0 aliphatic carbocycles. The highest BCUT2D eigenvalue weighted by Gasteiger charge is 1.85. The van der Waals surface area contributed by atoms with Crippen molar-refractivity contribution in [2.75, 3.05) is 0 Å². The van der Waals surface area contributed by atoms with Crippen molar-refractivity contribution in [3.8, 4) is 0 Å². The van der Waals surface area contributed by atoms with Crippen LogP contribution in [0.2, 0.25) is 0 Å². The van der Waals surface area contributed by atoms with E-state index in [1.807, 2.05) is 26.2 Å². The first-order chi connectivity index (χ1) is 3.81. The van der Waals surface area contributed by atoms with Gasteiger partial charge in [0.1, 0.15) is 0 Å². The van der Waals surface area contributed by atoms with Gasteiger partial charge in [0.15, 0.2) is 6.29 Å². The molecule has 0 atom stereocenters. The maximum Gasteiger partial charge on any atom is 0.198 e. The highest BCUT2D eigenvalue weighted by Crippen LogP contribution is 1.99. The van der Waals surface area contributed by atoms with Crippen molar-refractivity contribution in [3.05, 3.63) is 11.6 Å². The van der Waals surface area contributed by atoms with Gasteiger partial charge in [-0.2, -0.15) is 0 Å². The molecule has 0 heterocycles. The van der Waals surface area contributed by atoms with Crippen molar-refractivity contribution in [1.29, 1.82) is 0 Å². The lowest BCUT2D eigenvalue weighted by Crippen LogP contribution is -1.76. The highest BCUT2D eigenvalue weighted by molar-refractivity contribution is 5.50. The average Bonchev–Trinajstić information content (AvgIpc) is 1.83. The Balaban J connectivity index is 3.24. The van der Waals surface area contributed by atoms with Gasteiger partial charge in [0, 0.05) is 6.42 Å². The van der Waals surface area contributed by atoms with Crippen molar-refractivity contribution in [3.63, 3.8) is 0 Å². The van der Waals surface area contributed by atoms with Crippen molar-refractivity contribution < 1.29 is 4.79 Å². The van der Waals surface area contributed by atoms with E-state index in [-0.39, 0.29) is 0 Å². The molecule has 0 rings (SSSR count). The maximum atomic E-state index is 9.67. The average molecular weight is 111 g/mol. The number of allylic oxidation sites excluding steroid dienone is 2. The molecular formula is C7H11O. The summed E-state index contributed by atoms with van der Waals surface area (Å²) in [5, 5.41) is 0. The number of hydrogen-bond donors (Lipinski definition) is 0. The maximum absolute atomic E-state index is 9.67. The normalized spacial score (nSPS) is 11.5. The first-order valence-corrected chi connectivity index (χ1v) is 2.78. The summed E-state index contributed by atoms with van der Waals surface area (Å²) in [6, 6.07) is 0. The van der Waals surface area contributed by atoms with Gasteiger partial charge >= 0.3 is 0 Å². The van der Waals surface area contributed by atoms with Crippen molar-refractivity contribution in [1.82, 2.24) is 0 Å². The standard InChI is InChI=1S/C7H11O/c1-3-7(2)5-4-6-8/h3H,4-5H2,1-2H3. The Morgan fingerprint density at radius 2 is 2.38 bits per heavy atom. The third kappa shape index (κ3) is 3.59. The van der Waals surface area contributed by atoms with E-state index in [4.69, 9.17) is 0 Å². The van der Waals surface area contributed by atoms with Crippen LogP contribution in [0.3, 0.4) is 0 Å². The molecule has 0 aromatic heterocycles. The minimum absolute atomic E-state index is 0.538. The summed E-state index contributed by atoms with van der Waals surface area (Å²) >= 11 is 0. The molecule has 8 heavy (non-hydrogen) atoms. The van der Waals surface area contributed by atoms with Crippen LogP contribution in [0.25, 0.3) is 0 Å². The molecule has 0 spiro atoms. The second kappa shape index (κ2) is 4.57. The second-order valence-electron chi connectivity index (χ2n) is 1.78. The topological polar surface area (TPSA) is 17.1 Å². The number of rotatable bonds is 3. The van der Waals surface area contributed by atoms with E-state index < -0.39 is 0 Å². The summed E-state index contributed by atoms with van der Waals surface area (Å²) in [4.78, 5) is 9.67. The fourth-order valence-electron chi connectivity index (χ4n) is 0.393. The molecule has 0 saturated carbocycles. The van der Waals surface area contributed by atoms with Crippen LogP contribution in [0.15, 0.2) is 11.6 Å². The molecule has 45 valence electrons. The Labute approximate surface area is 50.4 Å². The third-order valence-electron chi connectivity index (χ3n) is 1.11. The summed E-state index contributed by atoms with van der Waals surface area (Å²) in [6.07, 6.45) is 5.25. The lowest BCUT2D eigenvalue weighted by atomic mass is 10.2. The van der Waals surface area contributed by atoms with Gasteiger partial charge in [-0.25, -0.2) is 0 Å². The Morgan fingerprint density at radius 3 is 2.75 bits per heavy atom. The van der Waals surface area contributed by atoms with Crippen LogP contribution < -0.4 is 0 Å². The van der Waals surface area contributed by atoms with E-state index in [0.717, 1.165) is 6.42 Å². The smallest absolute Gasteiger partial charge is 0.198 e. The SMILES string of the molecule is CC=C(C)CC[C]=O. The van der Waals surface area contributed by atoms with Gasteiger partial charge in [0.25, 0.3) is 0 Å². The van der Waals surface area contributed by atoms with Crippen molar-refractivity contribution in [2.45, 2.75) is 26.7 Å². The van der Waals surface area contributed by atoms with Crippen LogP contribution in [0.1, 0.15) is 26.7 Å². The summed E-state index contributed by atoms with van der Waals surface area (Å²) < 4.78 is 0. The van der Waals surface area contributed by atoms with Gasteiger partial charge < -0.3 is 0 Å². The summed E-state index contributed by atoms with van der Waals surface area (Å²) in [5.74, 6) is 0. The molecule has 0 bridgehead atoms. The van der Waals surface area contributed by atoms with E-state index >= 15 is 0 Å². The quantitative estimate of drug-likeness (QED) is 0.508. The van der Waals surface area contributed by atoms with E-state index in [9.17, 15) is 4.79 Å². The lowest BCUT2D eigenvalue weighted by molar-refractivity contribution is 0.551. The molecule has 0 aromatic carbocycles. The number of carbonyl (C=O) groups excluding carboxylic acids is 1. The fraction of sp³-hybridized carbons (Fsp3) is 0.571. The zero-order valence-corrected chi connectivity index (χ0v) is 5.40. The third-order valence-corrected chi connectivity index (χ3v) is 1.11. The minimum Gasteiger partial charge on any atom is -0.291 e.